The van der Waals surface area contributed by atoms with Crippen molar-refractivity contribution in [3.63, 3.8) is 0 Å². The van der Waals surface area contributed by atoms with Crippen molar-refractivity contribution < 1.29 is 33.9 Å². The van der Waals surface area contributed by atoms with Crippen molar-refractivity contribution in [3.05, 3.63) is 563 Å². The minimum Gasteiger partial charge on any atom is -0.343 e. The average molecular weight is 1870 g/mol. The van der Waals surface area contributed by atoms with Crippen molar-refractivity contribution in [3.8, 4) is 17.1 Å². The van der Waals surface area contributed by atoms with Crippen molar-refractivity contribution in [2.24, 2.45) is 0 Å². The first-order valence-corrected chi connectivity index (χ1v) is 49.9. The fourth-order valence-corrected chi connectivity index (χ4v) is 26.5. The molecule has 3 unspecified atom stereocenters. The van der Waals surface area contributed by atoms with E-state index in [0.717, 1.165) is 32.4 Å². The second-order valence-electron chi connectivity index (χ2n) is 33.4. The summed E-state index contributed by atoms with van der Waals surface area (Å²) < 4.78 is 23.8. The molecule has 6 heterocycles. The maximum atomic E-state index is 15.3. The molecular weight excluding hydrogens is 1780 g/mol. The maximum absolute atomic E-state index is 15.3. The van der Waals surface area contributed by atoms with E-state index < -0.39 is 31.3 Å². The first-order chi connectivity index (χ1) is 65.7. The van der Waals surface area contributed by atoms with Gasteiger partial charge in [-0.25, -0.2) is 0 Å². The molecule has 0 radical (unpaired) electrons. The molecule has 0 aliphatic carbocycles. The molecule has 19 aromatic carbocycles. The van der Waals surface area contributed by atoms with Crippen LogP contribution in [0.5, 0.6) is 0 Å². The number of alkyl halides is 2. The van der Waals surface area contributed by atoms with Crippen LogP contribution in [-0.4, -0.2) is 29.6 Å². The summed E-state index contributed by atoms with van der Waals surface area (Å²) in [6.45, 7) is 5.72. The minimum absolute atomic E-state index is 0. The van der Waals surface area contributed by atoms with Crippen LogP contribution in [0, 0.1) is 6.92 Å². The van der Waals surface area contributed by atoms with E-state index >= 15 is 4.57 Å². The molecule has 646 valence electrons. The van der Waals surface area contributed by atoms with Crippen molar-refractivity contribution >= 4 is 151 Å². The van der Waals surface area contributed by atoms with Crippen LogP contribution in [0.25, 0.3) is 82.5 Å². The number of halogens is 3. The minimum atomic E-state index is -3.12. The number of aromatic nitrogens is 3. The average Bonchev–Trinajstić information content (AvgIpc) is 1.46. The van der Waals surface area contributed by atoms with Gasteiger partial charge in [0, 0.05) is 52.7 Å². The maximum Gasteiger partial charge on any atom is 1.00 e. The topological polar surface area (TPSA) is 72.3 Å². The monoisotopic (exact) mass is 1870 g/mol. The zero-order chi connectivity index (χ0) is 90.6. The number of fused-ring (bicyclic) bond motifs is 15. The van der Waals surface area contributed by atoms with Crippen LogP contribution < -0.4 is 50.7 Å². The molecule has 6 nitrogen and oxygen atoms in total. The Morgan fingerprint density at radius 1 is 0.284 bits per heavy atom. The van der Waals surface area contributed by atoms with Crippen LogP contribution in [-0.2, 0) is 20.8 Å². The Hall–Kier alpha value is -13.2. The smallest absolute Gasteiger partial charge is 0.343 e. The van der Waals surface area contributed by atoms with Crippen molar-refractivity contribution in [2.45, 2.75) is 36.0 Å². The van der Waals surface area contributed by atoms with Gasteiger partial charge < -0.3 is 25.2 Å². The van der Waals surface area contributed by atoms with Crippen molar-refractivity contribution in [1.82, 2.24) is 13.7 Å². The van der Waals surface area contributed by atoms with Crippen LogP contribution in [0.4, 0.5) is 0 Å². The third kappa shape index (κ3) is 15.0. The van der Waals surface area contributed by atoms with Crippen LogP contribution in [0.1, 0.15) is 86.5 Å². The number of hydrogen-bond donors (Lipinski definition) is 2. The van der Waals surface area contributed by atoms with Crippen LogP contribution in [0.15, 0.2) is 490 Å². The second kappa shape index (κ2) is 39.2. The number of para-hydroxylation sites is 9. The van der Waals surface area contributed by atoms with E-state index in [1.807, 2.05) is 60.7 Å². The van der Waals surface area contributed by atoms with Gasteiger partial charge in [0.2, 0.25) is 0 Å². The largest absolute Gasteiger partial charge is 1.00 e. The van der Waals surface area contributed by atoms with E-state index in [9.17, 15) is 0 Å². The quantitative estimate of drug-likeness (QED) is 0.0302. The van der Waals surface area contributed by atoms with Gasteiger partial charge >= 0.3 is 18.9 Å². The molecule has 3 atom stereocenters. The fraction of sp³-hybridized carbons (Fsp3) is 0.0574. The van der Waals surface area contributed by atoms with Gasteiger partial charge in [0.05, 0.1) is 71.7 Å². The molecule has 0 saturated heterocycles. The normalized spacial score (nSPS) is 15.0. The molecule has 3 aromatic heterocycles. The van der Waals surface area contributed by atoms with E-state index in [1.54, 1.807) is 0 Å². The summed E-state index contributed by atoms with van der Waals surface area (Å²) in [5, 5.41) is 26.5. The summed E-state index contributed by atoms with van der Waals surface area (Å²) in [6, 6.07) is 175. The Bertz CT molecular complexity index is 7890. The molecule has 25 rings (SSSR count). The van der Waals surface area contributed by atoms with Gasteiger partial charge in [-0.1, -0.05) is 466 Å². The van der Waals surface area contributed by atoms with Gasteiger partial charge in [0.15, 0.2) is 7.14 Å². The predicted octanol–water partition coefficient (Wildman–Crippen LogP) is 26.7. The molecule has 2 N–H and O–H groups in total. The molecule has 0 spiro atoms. The number of benzene rings is 19. The van der Waals surface area contributed by atoms with Crippen molar-refractivity contribution in [2.75, 3.05) is 5.34 Å². The molecule has 134 heavy (non-hydrogen) atoms. The fourth-order valence-electron chi connectivity index (χ4n) is 21.3. The van der Waals surface area contributed by atoms with Gasteiger partial charge in [0.25, 0.3) is 0 Å². The summed E-state index contributed by atoms with van der Waals surface area (Å²) in [5.41, 5.74) is 24.9. The van der Waals surface area contributed by atoms with Gasteiger partial charge in [-0.05, 0) is 139 Å². The van der Waals surface area contributed by atoms with E-state index in [2.05, 4.69) is 468 Å². The molecule has 3 aliphatic rings. The van der Waals surface area contributed by atoms with Gasteiger partial charge in [-0.15, -0.1) is 23.2 Å². The SMILES string of the molecule is Brc1ccc(C2(c3ccccc3)c3ccccc3-n3c4ccccc4c4cccc2c43)cc1.ClCCl.O=P(c1ccccc1)(c1ccccc1)c1ccc(C2(c3ccccc3)c3ccccc3-n3c4ccccc4c4cccc2c43)cc1.OO.[CH2-]CCC.[Li+].c1ccc(P(c2ccccc2)c2ccc(C3(c4ccccc4)c4ccccc4-n4c5ccccc5c5cccc3c54)cc2)cc1. The first-order valence-electron chi connectivity index (χ1n) is 45.0. The van der Waals surface area contributed by atoms with Gasteiger partial charge in [-0.2, -0.15) is 6.42 Å². The standard InChI is InChI=1S/C43H30NOP.C43H30NP.C31H20BrN.C4H9.CH2Cl2.Li.H2O2/c45-46(33-17-6-2-7-18-33,34-19-8-3-9-20-34)35-29-27-32(28-30-35)43(31-15-4-1-5-16-31)38-23-11-13-26-41(38)44-40-25-12-10-21-36(40)37-22-14-24-39(43)42(37)44;1-4-15-31(16-5-1)43(32-27-29-35(30-28-32)45(33-17-6-2-7-18-33)34-19-8-3-9-20-34)38-23-11-13-26-41(38)44-40-25-12-10-21-36(40)37-22-14-24-39(43)42(37)44;32-23-19-17-22(18-20-23)31(21-9-2-1-3-10-21)26-13-5-7-16-29(26)33-28-15-6-4-11-24(28)25-12-8-14-27(31)30(25)33;1-3-4-2;2-1-3;;1-2/h1-30H;1-30H;1-20H;1,3-4H2,2H3;1H2;;1-2H/q;;;-1;;+1;. The molecule has 0 amide bonds. The second-order valence-corrected chi connectivity index (χ2v) is 40.1. The zero-order valence-corrected chi connectivity index (χ0v) is 79.1. The van der Waals surface area contributed by atoms with Crippen molar-refractivity contribution in [1.29, 1.82) is 0 Å². The van der Waals surface area contributed by atoms with Gasteiger partial charge in [-0.3, -0.25) is 10.5 Å². The molecule has 0 fully saturated rings. The molecular formula is C122H93BrCl2LiN3O3P2. The number of nitrogens with zero attached hydrogens (tertiary/aromatic N) is 3. The summed E-state index contributed by atoms with van der Waals surface area (Å²) in [7, 11) is -3.81. The third-order valence-electron chi connectivity index (χ3n) is 26.7. The molecule has 0 bridgehead atoms. The summed E-state index contributed by atoms with van der Waals surface area (Å²) in [6.07, 6.45) is 2.28. The number of hydrogen-bond acceptors (Lipinski definition) is 3. The van der Waals surface area contributed by atoms with E-state index in [4.69, 9.17) is 33.7 Å². The Kier molecular flexibility index (Phi) is 26.3. The molecule has 3 aliphatic heterocycles. The molecule has 22 aromatic rings. The van der Waals surface area contributed by atoms with Crippen LogP contribution in [0.3, 0.4) is 0 Å². The van der Waals surface area contributed by atoms with Crippen LogP contribution in [0.2, 0.25) is 0 Å². The molecule has 0 saturated carbocycles. The Balaban J connectivity index is 0.000000125. The Morgan fingerprint density at radius 3 is 0.821 bits per heavy atom. The van der Waals surface area contributed by atoms with E-state index in [1.165, 1.54) is 166 Å². The van der Waals surface area contributed by atoms with E-state index in [0.29, 0.717) is 0 Å². The van der Waals surface area contributed by atoms with Crippen LogP contribution >= 0.6 is 54.2 Å². The number of unbranched alkanes of at least 4 members (excludes halogenated alkanes) is 1. The Labute approximate surface area is 814 Å². The first kappa shape index (κ1) is 90.0. The predicted molar refractivity (Wildman–Crippen MR) is 566 cm³/mol. The summed E-state index contributed by atoms with van der Waals surface area (Å²) in [5.74, 6) is 0. The summed E-state index contributed by atoms with van der Waals surface area (Å²) >= 11 is 13.2. The van der Waals surface area contributed by atoms with E-state index in [-0.39, 0.29) is 24.2 Å². The Morgan fingerprint density at radius 2 is 0.507 bits per heavy atom. The third-order valence-corrected chi connectivity index (χ3v) is 32.7. The number of rotatable bonds is 13. The zero-order valence-electron chi connectivity index (χ0n) is 74.2. The summed E-state index contributed by atoms with van der Waals surface area (Å²) in [4.78, 5) is 0. The molecule has 12 heteroatoms. The van der Waals surface area contributed by atoms with Gasteiger partial charge in [0.1, 0.15) is 0 Å².